The largest absolute Gasteiger partial charge is 0.495 e. The molecular formula is C15H14FN3O2. The number of hydrogen-bond acceptors (Lipinski definition) is 5. The number of hydrazine groups is 1. The molecule has 0 amide bonds. The van der Waals surface area contributed by atoms with E-state index in [4.69, 9.17) is 15.0 Å². The van der Waals surface area contributed by atoms with Crippen LogP contribution in [0.25, 0.3) is 11.0 Å². The number of hydrogen-bond donors (Lipinski definition) is 2. The summed E-state index contributed by atoms with van der Waals surface area (Å²) in [7, 11) is 1.56. The van der Waals surface area contributed by atoms with Gasteiger partial charge in [0.2, 0.25) is 0 Å². The van der Waals surface area contributed by atoms with Crippen molar-refractivity contribution in [2.45, 2.75) is 6.04 Å². The molecule has 5 nitrogen and oxygen atoms in total. The molecule has 0 saturated carbocycles. The number of benzene rings is 1. The molecule has 0 fully saturated rings. The van der Waals surface area contributed by atoms with Crippen LogP contribution in [-0.2, 0) is 0 Å². The van der Waals surface area contributed by atoms with E-state index in [0.717, 1.165) is 5.56 Å². The van der Waals surface area contributed by atoms with Gasteiger partial charge in [-0.25, -0.2) is 9.82 Å². The molecule has 2 aromatic heterocycles. The Balaban J connectivity index is 2.09. The van der Waals surface area contributed by atoms with Gasteiger partial charge in [-0.2, -0.15) is 0 Å². The Hall–Kier alpha value is -2.44. The molecule has 3 N–H and O–H groups in total. The molecule has 1 atom stereocenters. The molecule has 0 aliphatic heterocycles. The normalized spacial score (nSPS) is 12.5. The molecule has 0 spiro atoms. The summed E-state index contributed by atoms with van der Waals surface area (Å²) in [5.74, 6) is 6.50. The highest BCUT2D eigenvalue weighted by molar-refractivity contribution is 5.78. The minimum absolute atomic E-state index is 0.311. The van der Waals surface area contributed by atoms with Crippen LogP contribution in [0.5, 0.6) is 5.75 Å². The molecule has 3 rings (SSSR count). The monoisotopic (exact) mass is 287 g/mol. The molecule has 0 aliphatic rings. The summed E-state index contributed by atoms with van der Waals surface area (Å²) < 4.78 is 24.3. The average molecular weight is 287 g/mol. The van der Waals surface area contributed by atoms with Gasteiger partial charge in [-0.05, 0) is 30.3 Å². The summed E-state index contributed by atoms with van der Waals surface area (Å²) in [5, 5.41) is 0.679. The summed E-state index contributed by atoms with van der Waals surface area (Å²) in [6.07, 6.45) is 3.24. The number of rotatable bonds is 4. The number of ether oxygens (including phenoxy) is 1. The molecule has 1 unspecified atom stereocenters. The highest BCUT2D eigenvalue weighted by Gasteiger charge is 2.21. The third-order valence-electron chi connectivity index (χ3n) is 3.30. The zero-order valence-corrected chi connectivity index (χ0v) is 11.3. The lowest BCUT2D eigenvalue weighted by Crippen LogP contribution is -2.28. The third kappa shape index (κ3) is 2.46. The van der Waals surface area contributed by atoms with E-state index in [-0.39, 0.29) is 5.82 Å². The van der Waals surface area contributed by atoms with Gasteiger partial charge in [-0.3, -0.25) is 10.8 Å². The summed E-state index contributed by atoms with van der Waals surface area (Å²) in [6.45, 7) is 0. The Morgan fingerprint density at radius 3 is 2.95 bits per heavy atom. The molecule has 3 aromatic rings. The first-order valence-electron chi connectivity index (χ1n) is 6.36. The first kappa shape index (κ1) is 13.5. The Morgan fingerprint density at radius 2 is 2.19 bits per heavy atom. The van der Waals surface area contributed by atoms with E-state index in [1.807, 2.05) is 0 Å². The third-order valence-corrected chi connectivity index (χ3v) is 3.30. The molecule has 0 radical (unpaired) electrons. The van der Waals surface area contributed by atoms with E-state index in [9.17, 15) is 4.39 Å². The van der Waals surface area contributed by atoms with Crippen LogP contribution < -0.4 is 16.0 Å². The van der Waals surface area contributed by atoms with Gasteiger partial charge in [-0.1, -0.05) is 0 Å². The number of halogens is 1. The number of furan rings is 1. The van der Waals surface area contributed by atoms with Crippen molar-refractivity contribution in [1.82, 2.24) is 10.4 Å². The van der Waals surface area contributed by atoms with Crippen molar-refractivity contribution in [3.63, 3.8) is 0 Å². The maximum absolute atomic E-state index is 13.3. The molecule has 2 heterocycles. The van der Waals surface area contributed by atoms with Crippen molar-refractivity contribution in [3.8, 4) is 5.75 Å². The minimum Gasteiger partial charge on any atom is -0.495 e. The number of nitrogens with two attached hydrogens (primary N) is 1. The van der Waals surface area contributed by atoms with Gasteiger partial charge in [0.1, 0.15) is 29.0 Å². The van der Waals surface area contributed by atoms with Crippen LogP contribution in [0.4, 0.5) is 4.39 Å². The molecule has 0 bridgehead atoms. The van der Waals surface area contributed by atoms with Crippen LogP contribution in [0.15, 0.2) is 47.1 Å². The van der Waals surface area contributed by atoms with Crippen LogP contribution in [0.1, 0.15) is 17.4 Å². The van der Waals surface area contributed by atoms with Crippen molar-refractivity contribution in [3.05, 3.63) is 59.9 Å². The highest BCUT2D eigenvalue weighted by atomic mass is 19.1. The Bertz CT molecular complexity index is 772. The van der Waals surface area contributed by atoms with E-state index >= 15 is 0 Å². The lowest BCUT2D eigenvalue weighted by atomic mass is 10.1. The van der Waals surface area contributed by atoms with Gasteiger partial charge in [0.15, 0.2) is 0 Å². The van der Waals surface area contributed by atoms with Gasteiger partial charge in [0, 0.05) is 17.1 Å². The predicted octanol–water partition coefficient (Wildman–Crippen LogP) is 2.53. The summed E-state index contributed by atoms with van der Waals surface area (Å²) in [6, 6.07) is 7.48. The van der Waals surface area contributed by atoms with Gasteiger partial charge in [0.05, 0.1) is 13.3 Å². The molecule has 0 aliphatic carbocycles. The van der Waals surface area contributed by atoms with Gasteiger partial charge >= 0.3 is 0 Å². The molecule has 108 valence electrons. The van der Waals surface area contributed by atoms with E-state index < -0.39 is 6.04 Å². The second-order valence-electron chi connectivity index (χ2n) is 4.55. The number of nitrogens with one attached hydrogen (secondary N) is 1. The SMILES string of the molecule is COc1cnccc1C(NN)c1cc2cc(F)ccc2o1. The van der Waals surface area contributed by atoms with Gasteiger partial charge in [0.25, 0.3) is 0 Å². The number of methoxy groups -OCH3 is 1. The molecule has 21 heavy (non-hydrogen) atoms. The maximum atomic E-state index is 13.3. The quantitative estimate of drug-likeness (QED) is 0.570. The van der Waals surface area contributed by atoms with Crippen molar-refractivity contribution >= 4 is 11.0 Å². The Morgan fingerprint density at radius 1 is 1.33 bits per heavy atom. The van der Waals surface area contributed by atoms with Crippen LogP contribution in [0, 0.1) is 5.82 Å². The second-order valence-corrected chi connectivity index (χ2v) is 4.55. The average Bonchev–Trinajstić information content (AvgIpc) is 2.91. The Labute approximate surface area is 120 Å². The Kier molecular flexibility index (Phi) is 3.55. The number of aromatic nitrogens is 1. The fraction of sp³-hybridized carbons (Fsp3) is 0.133. The fourth-order valence-corrected chi connectivity index (χ4v) is 2.30. The molecule has 0 saturated heterocycles. The fourth-order valence-electron chi connectivity index (χ4n) is 2.30. The van der Waals surface area contributed by atoms with Crippen LogP contribution in [-0.4, -0.2) is 12.1 Å². The first-order valence-corrected chi connectivity index (χ1v) is 6.36. The van der Waals surface area contributed by atoms with Gasteiger partial charge < -0.3 is 9.15 Å². The number of fused-ring (bicyclic) bond motifs is 1. The van der Waals surface area contributed by atoms with Crippen molar-refractivity contribution in [2.75, 3.05) is 7.11 Å². The number of pyridine rings is 1. The van der Waals surface area contributed by atoms with Crippen LogP contribution in [0.3, 0.4) is 0 Å². The predicted molar refractivity (Wildman–Crippen MR) is 76.1 cm³/mol. The molecular weight excluding hydrogens is 273 g/mol. The number of nitrogens with zero attached hydrogens (tertiary/aromatic N) is 1. The topological polar surface area (TPSA) is 73.3 Å². The minimum atomic E-state index is -0.418. The molecule has 1 aromatic carbocycles. The smallest absolute Gasteiger partial charge is 0.142 e. The van der Waals surface area contributed by atoms with Crippen molar-refractivity contribution < 1.29 is 13.5 Å². The van der Waals surface area contributed by atoms with Gasteiger partial charge in [-0.15, -0.1) is 0 Å². The van der Waals surface area contributed by atoms with Crippen molar-refractivity contribution in [1.29, 1.82) is 0 Å². The maximum Gasteiger partial charge on any atom is 0.142 e. The van der Waals surface area contributed by atoms with E-state index in [2.05, 4.69) is 10.4 Å². The lowest BCUT2D eigenvalue weighted by Gasteiger charge is -2.16. The zero-order chi connectivity index (χ0) is 14.8. The summed E-state index contributed by atoms with van der Waals surface area (Å²) in [4.78, 5) is 4.01. The summed E-state index contributed by atoms with van der Waals surface area (Å²) >= 11 is 0. The lowest BCUT2D eigenvalue weighted by molar-refractivity contribution is 0.395. The van der Waals surface area contributed by atoms with Crippen LogP contribution in [0.2, 0.25) is 0 Å². The van der Waals surface area contributed by atoms with E-state index in [0.29, 0.717) is 22.5 Å². The zero-order valence-electron chi connectivity index (χ0n) is 11.3. The van der Waals surface area contributed by atoms with Crippen molar-refractivity contribution in [2.24, 2.45) is 5.84 Å². The standard InChI is InChI=1S/C15H14FN3O2/c1-20-14-8-18-5-4-11(14)15(19-17)13-7-9-6-10(16)2-3-12(9)21-13/h2-8,15,19H,17H2,1H3. The van der Waals surface area contributed by atoms with Crippen LogP contribution >= 0.6 is 0 Å². The van der Waals surface area contributed by atoms with E-state index in [1.54, 1.807) is 37.7 Å². The first-order chi connectivity index (χ1) is 10.2. The molecule has 6 heteroatoms. The highest BCUT2D eigenvalue weighted by Crippen LogP contribution is 2.32. The summed E-state index contributed by atoms with van der Waals surface area (Å²) in [5.41, 5.74) is 4.07. The van der Waals surface area contributed by atoms with E-state index in [1.165, 1.54) is 12.1 Å². The second kappa shape index (κ2) is 5.51.